The van der Waals surface area contributed by atoms with Crippen molar-refractivity contribution in [2.45, 2.75) is 25.8 Å². The van der Waals surface area contributed by atoms with Gasteiger partial charge in [-0.1, -0.05) is 11.6 Å². The number of anilines is 2. The van der Waals surface area contributed by atoms with Crippen molar-refractivity contribution in [3.05, 3.63) is 56.7 Å². The van der Waals surface area contributed by atoms with Gasteiger partial charge in [0.1, 0.15) is 5.82 Å². The molecule has 0 radical (unpaired) electrons. The molecule has 4 aromatic rings. The van der Waals surface area contributed by atoms with E-state index in [1.165, 1.54) is 4.57 Å². The summed E-state index contributed by atoms with van der Waals surface area (Å²) in [7, 11) is 8.74. The van der Waals surface area contributed by atoms with Crippen LogP contribution in [0.5, 0.6) is 11.5 Å². The van der Waals surface area contributed by atoms with Crippen molar-refractivity contribution in [1.29, 1.82) is 0 Å². The lowest BCUT2D eigenvalue weighted by Crippen LogP contribution is -2.45. The van der Waals surface area contributed by atoms with Crippen molar-refractivity contribution in [2.24, 2.45) is 7.05 Å². The quantitative estimate of drug-likeness (QED) is 0.410. The summed E-state index contributed by atoms with van der Waals surface area (Å²) in [4.78, 5) is 40.3. The van der Waals surface area contributed by atoms with Gasteiger partial charge >= 0.3 is 5.69 Å². The number of piperidine rings is 1. The molecule has 1 fully saturated rings. The van der Waals surface area contributed by atoms with Crippen LogP contribution in [0.3, 0.4) is 0 Å². The lowest BCUT2D eigenvalue weighted by Gasteiger charge is -2.34. The Kier molecular flexibility index (Phi) is 6.26. The minimum Gasteiger partial charge on any atom is -0.493 e. The molecule has 2 aromatic heterocycles. The number of rotatable bonds is 5. The maximum Gasteiger partial charge on any atom is 0.331 e. The molecule has 194 valence electrons. The monoisotopic (exact) mass is 504 g/mol. The minimum absolute atomic E-state index is 0.191. The molecule has 0 bridgehead atoms. The Hall–Kier alpha value is -4.08. The molecule has 10 nitrogen and oxygen atoms in total. The number of nitrogens with zero attached hydrogens (tertiary/aromatic N) is 6. The van der Waals surface area contributed by atoms with Crippen LogP contribution in [0.2, 0.25) is 0 Å². The van der Waals surface area contributed by atoms with Crippen LogP contribution in [0.15, 0.2) is 39.9 Å². The molecule has 10 heteroatoms. The highest BCUT2D eigenvalue weighted by atomic mass is 16.5. The summed E-state index contributed by atoms with van der Waals surface area (Å²) in [5.41, 5.74) is 1.90. The second-order valence-corrected chi connectivity index (χ2v) is 9.72. The number of aryl methyl sites for hydroxylation is 2. The van der Waals surface area contributed by atoms with E-state index in [1.54, 1.807) is 25.8 Å². The lowest BCUT2D eigenvalue weighted by molar-refractivity contribution is 0.355. The number of fused-ring (bicyclic) bond motifs is 2. The number of benzene rings is 2. The fraction of sp³-hybridized carbons (Fsp3) is 0.407. The van der Waals surface area contributed by atoms with E-state index in [0.717, 1.165) is 22.3 Å². The Labute approximate surface area is 214 Å². The molecule has 1 aliphatic heterocycles. The maximum absolute atomic E-state index is 13.4. The molecule has 0 atom stereocenters. The fourth-order valence-electron chi connectivity index (χ4n) is 5.12. The van der Waals surface area contributed by atoms with Crippen LogP contribution in [0, 0.1) is 6.92 Å². The zero-order valence-electron chi connectivity index (χ0n) is 22.1. The Morgan fingerprint density at radius 3 is 2.27 bits per heavy atom. The number of aromatic nitrogens is 4. The summed E-state index contributed by atoms with van der Waals surface area (Å²) < 4.78 is 14.0. The molecule has 37 heavy (non-hydrogen) atoms. The zero-order chi connectivity index (χ0) is 26.4. The first-order valence-corrected chi connectivity index (χ1v) is 12.3. The Bertz CT molecular complexity index is 1620. The van der Waals surface area contributed by atoms with Gasteiger partial charge in [-0.05, 0) is 38.0 Å². The summed E-state index contributed by atoms with van der Waals surface area (Å²) in [6.45, 7) is 3.23. The van der Waals surface area contributed by atoms with Crippen LogP contribution in [-0.4, -0.2) is 60.5 Å². The molecule has 0 amide bonds. The third kappa shape index (κ3) is 4.16. The molecular weight excluding hydrogens is 472 g/mol. The van der Waals surface area contributed by atoms with Gasteiger partial charge in [0.2, 0.25) is 5.95 Å². The van der Waals surface area contributed by atoms with Crippen molar-refractivity contribution < 1.29 is 9.47 Å². The lowest BCUT2D eigenvalue weighted by atomic mass is 10.0. The standard InChI is InChI=1S/C27H32N6O4/c1-16-7-8-21-19(13-16)25(34)33(27(35)31(21)4)17-9-11-32(12-10-17)24-18-14-22(36-5)23(37-6)15-20(18)28-26(29-24)30(2)3/h7-8,13-15,17H,9-12H2,1-6H3. The van der Waals surface area contributed by atoms with Crippen LogP contribution in [0.1, 0.15) is 24.4 Å². The molecule has 0 aliphatic carbocycles. The Morgan fingerprint density at radius 2 is 1.62 bits per heavy atom. The second-order valence-electron chi connectivity index (χ2n) is 9.72. The SMILES string of the molecule is COc1cc2nc(N(C)C)nc(N3CCC(n4c(=O)c5cc(C)ccc5n(C)c4=O)CC3)c2cc1OC. The maximum atomic E-state index is 13.4. The number of methoxy groups -OCH3 is 2. The van der Waals surface area contributed by atoms with Crippen molar-refractivity contribution in [3.8, 4) is 11.5 Å². The third-order valence-electron chi connectivity index (χ3n) is 7.15. The van der Waals surface area contributed by atoms with Gasteiger partial charge in [0.25, 0.3) is 5.56 Å². The molecule has 3 heterocycles. The van der Waals surface area contributed by atoms with E-state index < -0.39 is 0 Å². The van der Waals surface area contributed by atoms with Gasteiger partial charge in [-0.2, -0.15) is 4.98 Å². The number of ether oxygens (including phenoxy) is 2. The van der Waals surface area contributed by atoms with Crippen molar-refractivity contribution in [1.82, 2.24) is 19.1 Å². The normalized spacial score (nSPS) is 14.4. The van der Waals surface area contributed by atoms with E-state index >= 15 is 0 Å². The summed E-state index contributed by atoms with van der Waals surface area (Å²) in [5.74, 6) is 2.59. The molecule has 5 rings (SSSR count). The molecule has 0 unspecified atom stereocenters. The molecule has 0 N–H and O–H groups in total. The van der Waals surface area contributed by atoms with E-state index in [-0.39, 0.29) is 17.3 Å². The molecule has 2 aromatic carbocycles. The molecule has 0 saturated carbocycles. The van der Waals surface area contributed by atoms with Crippen LogP contribution >= 0.6 is 0 Å². The van der Waals surface area contributed by atoms with Gasteiger partial charge in [0.15, 0.2) is 11.5 Å². The summed E-state index contributed by atoms with van der Waals surface area (Å²) in [5, 5.41) is 1.43. The Balaban J connectivity index is 1.53. The van der Waals surface area contributed by atoms with Gasteiger partial charge in [0, 0.05) is 51.7 Å². The Morgan fingerprint density at radius 1 is 0.946 bits per heavy atom. The first kappa shape index (κ1) is 24.6. The molecular formula is C27H32N6O4. The predicted octanol–water partition coefficient (Wildman–Crippen LogP) is 2.88. The average Bonchev–Trinajstić information content (AvgIpc) is 2.90. The highest BCUT2D eigenvalue weighted by Gasteiger charge is 2.27. The van der Waals surface area contributed by atoms with E-state index in [1.807, 2.05) is 56.3 Å². The minimum atomic E-state index is -0.279. The van der Waals surface area contributed by atoms with E-state index in [0.29, 0.717) is 54.3 Å². The van der Waals surface area contributed by atoms with Crippen molar-refractivity contribution in [3.63, 3.8) is 0 Å². The highest BCUT2D eigenvalue weighted by molar-refractivity contribution is 5.93. The van der Waals surface area contributed by atoms with E-state index in [9.17, 15) is 9.59 Å². The van der Waals surface area contributed by atoms with Gasteiger partial charge in [-0.25, -0.2) is 9.78 Å². The topological polar surface area (TPSA) is 94.7 Å². The van der Waals surface area contributed by atoms with Crippen molar-refractivity contribution >= 4 is 33.6 Å². The smallest absolute Gasteiger partial charge is 0.331 e. The largest absolute Gasteiger partial charge is 0.493 e. The molecule has 1 aliphatic rings. The van der Waals surface area contributed by atoms with Gasteiger partial charge < -0.3 is 19.3 Å². The first-order valence-electron chi connectivity index (χ1n) is 12.3. The van der Waals surface area contributed by atoms with Crippen LogP contribution in [0.4, 0.5) is 11.8 Å². The number of hydrogen-bond acceptors (Lipinski definition) is 8. The third-order valence-corrected chi connectivity index (χ3v) is 7.15. The van der Waals surface area contributed by atoms with E-state index in [2.05, 4.69) is 4.90 Å². The van der Waals surface area contributed by atoms with Crippen LogP contribution in [-0.2, 0) is 7.05 Å². The molecule has 0 spiro atoms. The van der Waals surface area contributed by atoms with Crippen molar-refractivity contribution in [2.75, 3.05) is 51.2 Å². The van der Waals surface area contributed by atoms with Gasteiger partial charge in [-0.3, -0.25) is 13.9 Å². The molecule has 1 saturated heterocycles. The summed E-state index contributed by atoms with van der Waals surface area (Å²) in [6, 6.07) is 9.19. The van der Waals surface area contributed by atoms with Gasteiger partial charge in [-0.15, -0.1) is 0 Å². The van der Waals surface area contributed by atoms with E-state index in [4.69, 9.17) is 19.4 Å². The van der Waals surface area contributed by atoms with Crippen LogP contribution < -0.4 is 30.5 Å². The van der Waals surface area contributed by atoms with Gasteiger partial charge in [0.05, 0.1) is 30.6 Å². The van der Waals surface area contributed by atoms with Crippen LogP contribution in [0.25, 0.3) is 21.8 Å². The fourth-order valence-corrected chi connectivity index (χ4v) is 5.12. The summed E-state index contributed by atoms with van der Waals surface area (Å²) >= 11 is 0. The zero-order valence-corrected chi connectivity index (χ0v) is 22.1. The second kappa shape index (κ2) is 9.42. The average molecular weight is 505 g/mol. The first-order chi connectivity index (χ1) is 17.7. The predicted molar refractivity (Wildman–Crippen MR) is 146 cm³/mol. The number of hydrogen-bond donors (Lipinski definition) is 0. The highest BCUT2D eigenvalue weighted by Crippen LogP contribution is 2.37. The summed E-state index contributed by atoms with van der Waals surface area (Å²) in [6.07, 6.45) is 1.28.